The van der Waals surface area contributed by atoms with Gasteiger partial charge in [-0.25, -0.2) is 19.4 Å². The minimum atomic E-state index is -4.97. The molecule has 188 valence electrons. The highest BCUT2D eigenvalue weighted by Crippen LogP contribution is 2.36. The average molecular weight is 538 g/mol. The summed E-state index contributed by atoms with van der Waals surface area (Å²) in [5.74, 6) is 0.842. The first-order chi connectivity index (χ1) is 18.3. The Bertz CT molecular complexity index is 1940. The minimum Gasteiger partial charge on any atom is -0.330 e. The number of carbonyl (C=O) groups excluding carboxylic acids is 2. The zero-order chi connectivity index (χ0) is 26.6. The van der Waals surface area contributed by atoms with E-state index in [9.17, 15) is 22.8 Å². The zero-order valence-corrected chi connectivity index (χ0v) is 19.4. The van der Waals surface area contributed by atoms with Crippen molar-refractivity contribution in [3.8, 4) is 11.5 Å². The van der Waals surface area contributed by atoms with E-state index >= 15 is 0 Å². The molecule has 5 heterocycles. The number of hydrogen-bond donors (Lipinski definition) is 2. The molecule has 0 radical (unpaired) electrons. The van der Waals surface area contributed by atoms with Crippen LogP contribution in [0.15, 0.2) is 55.2 Å². The fraction of sp³-hybridized carbons (Fsp3) is 0.0435. The number of nitrogens with zero attached hydrogens (tertiary/aromatic N) is 7. The van der Waals surface area contributed by atoms with Crippen LogP contribution in [0.25, 0.3) is 33.3 Å². The van der Waals surface area contributed by atoms with Gasteiger partial charge in [-0.2, -0.15) is 28.5 Å². The predicted molar refractivity (Wildman–Crippen MR) is 128 cm³/mol. The standard InChI is InChI=1S/C23H11ClF3N9O2/c24-15-6-11(7-29-21(15)36-30-4-5-31-36)33-22(38)14-8-32-35(19(14)23(25,26)27)17-9-28-20-18-12(16(10-37)34-20)2-1-3-13(17)18/h1-9H,(H,28,34)(H,33,38). The second-order valence-electron chi connectivity index (χ2n) is 7.94. The number of halogens is 4. The number of aromatic amines is 1. The van der Waals surface area contributed by atoms with Gasteiger partial charge in [0.2, 0.25) is 0 Å². The molecule has 6 aromatic rings. The molecule has 0 aliphatic rings. The van der Waals surface area contributed by atoms with Crippen molar-refractivity contribution in [1.82, 2.24) is 39.7 Å². The van der Waals surface area contributed by atoms with Gasteiger partial charge in [-0.3, -0.25) is 4.79 Å². The number of alkyl halides is 3. The molecular weight excluding hydrogens is 527 g/mol. The molecule has 6 rings (SSSR count). The van der Waals surface area contributed by atoms with Gasteiger partial charge in [0.05, 0.1) is 52.9 Å². The van der Waals surface area contributed by atoms with Crippen molar-refractivity contribution >= 4 is 50.9 Å². The van der Waals surface area contributed by atoms with Crippen LogP contribution in [0.3, 0.4) is 0 Å². The number of H-pyrrole nitrogens is 1. The molecule has 0 saturated heterocycles. The van der Waals surface area contributed by atoms with E-state index in [1.54, 1.807) is 24.1 Å². The van der Waals surface area contributed by atoms with Crippen LogP contribution in [0.2, 0.25) is 5.02 Å². The molecule has 38 heavy (non-hydrogen) atoms. The van der Waals surface area contributed by atoms with E-state index in [4.69, 9.17) is 11.6 Å². The lowest BCUT2D eigenvalue weighted by Gasteiger charge is -2.14. The normalized spacial score (nSPS) is 11.8. The van der Waals surface area contributed by atoms with Crippen molar-refractivity contribution in [3.63, 3.8) is 0 Å². The molecule has 2 N–H and O–H groups in total. The summed E-state index contributed by atoms with van der Waals surface area (Å²) in [7, 11) is 0. The molecule has 1 aromatic carbocycles. The van der Waals surface area contributed by atoms with Crippen LogP contribution in [-0.4, -0.2) is 51.6 Å². The van der Waals surface area contributed by atoms with E-state index < -0.39 is 23.3 Å². The van der Waals surface area contributed by atoms with Crippen molar-refractivity contribution in [3.05, 3.63) is 76.9 Å². The van der Waals surface area contributed by atoms with Gasteiger partial charge in [0, 0.05) is 16.2 Å². The van der Waals surface area contributed by atoms with E-state index in [0.717, 1.165) is 11.0 Å². The Kier molecular flexibility index (Phi) is 5.22. The highest BCUT2D eigenvalue weighted by Gasteiger charge is 2.41. The number of hydrogen-bond acceptors (Lipinski definition) is 7. The first-order valence-corrected chi connectivity index (χ1v) is 11.1. The molecule has 0 atom stereocenters. The third kappa shape index (κ3) is 3.67. The van der Waals surface area contributed by atoms with Crippen LogP contribution < -0.4 is 10.7 Å². The first-order valence-electron chi connectivity index (χ1n) is 10.7. The van der Waals surface area contributed by atoms with Crippen LogP contribution in [0.5, 0.6) is 0 Å². The van der Waals surface area contributed by atoms with Crippen LogP contribution in [0.4, 0.5) is 18.9 Å². The molecule has 0 bridgehead atoms. The quantitative estimate of drug-likeness (QED) is 0.353. The van der Waals surface area contributed by atoms with Gasteiger partial charge < -0.3 is 10.3 Å². The van der Waals surface area contributed by atoms with E-state index in [-0.39, 0.29) is 27.6 Å². The van der Waals surface area contributed by atoms with E-state index in [1.165, 1.54) is 30.9 Å². The molecule has 0 fully saturated rings. The fourth-order valence-electron chi connectivity index (χ4n) is 4.16. The van der Waals surface area contributed by atoms with Crippen molar-refractivity contribution in [2.75, 3.05) is 5.32 Å². The number of amides is 1. The summed E-state index contributed by atoms with van der Waals surface area (Å²) >= 11 is 6.20. The van der Waals surface area contributed by atoms with Gasteiger partial charge in [-0.15, -0.1) is 4.80 Å². The van der Waals surface area contributed by atoms with E-state index in [2.05, 4.69) is 35.6 Å². The molecule has 5 aromatic heterocycles. The summed E-state index contributed by atoms with van der Waals surface area (Å²) in [6, 6.07) is 6.08. The third-order valence-corrected chi connectivity index (χ3v) is 5.98. The number of carbonyl (C=O) groups is 1. The molecule has 0 saturated carbocycles. The lowest BCUT2D eigenvalue weighted by molar-refractivity contribution is -0.143. The molecule has 0 aliphatic heterocycles. The minimum absolute atomic E-state index is 0.0355. The molecule has 15 heteroatoms. The van der Waals surface area contributed by atoms with Crippen molar-refractivity contribution in [1.29, 1.82) is 0 Å². The molecule has 0 spiro atoms. The largest absolute Gasteiger partial charge is 0.434 e. The molecule has 1 amide bonds. The number of rotatable bonds is 4. The Balaban J connectivity index is 1.43. The number of aromatic nitrogens is 8. The Morgan fingerprint density at radius 1 is 1.05 bits per heavy atom. The Morgan fingerprint density at radius 2 is 1.82 bits per heavy atom. The molecule has 0 unspecified atom stereocenters. The summed E-state index contributed by atoms with van der Waals surface area (Å²) in [5.41, 5.74) is -1.74. The van der Waals surface area contributed by atoms with Crippen LogP contribution >= 0.6 is 11.6 Å². The summed E-state index contributed by atoms with van der Waals surface area (Å²) in [4.78, 5) is 36.4. The van der Waals surface area contributed by atoms with Crippen molar-refractivity contribution in [2.24, 2.45) is 0 Å². The summed E-state index contributed by atoms with van der Waals surface area (Å²) < 4.78 is 43.5. The van der Waals surface area contributed by atoms with Gasteiger partial charge in [0.25, 0.3) is 5.91 Å². The van der Waals surface area contributed by atoms with E-state index in [1.807, 2.05) is 0 Å². The van der Waals surface area contributed by atoms with Crippen LogP contribution in [0.1, 0.15) is 16.1 Å². The highest BCUT2D eigenvalue weighted by molar-refractivity contribution is 6.32. The van der Waals surface area contributed by atoms with Gasteiger partial charge in [0.1, 0.15) is 11.0 Å². The highest BCUT2D eigenvalue weighted by atomic mass is 35.5. The maximum Gasteiger partial charge on any atom is 0.434 e. The molecule has 0 aliphatic carbocycles. The zero-order valence-electron chi connectivity index (χ0n) is 18.7. The number of pyridine rings is 2. The Morgan fingerprint density at radius 3 is 2.53 bits per heavy atom. The first kappa shape index (κ1) is 23.3. The van der Waals surface area contributed by atoms with Crippen molar-refractivity contribution < 1.29 is 22.8 Å². The number of anilines is 1. The smallest absolute Gasteiger partial charge is 0.330 e. The lowest BCUT2D eigenvalue weighted by Crippen LogP contribution is -2.21. The molecule has 11 nitrogen and oxygen atoms in total. The topological polar surface area (TPSA) is 136 Å². The van der Waals surface area contributed by atoms with Gasteiger partial charge >= 0.3 is 6.18 Å². The van der Waals surface area contributed by atoms with Gasteiger partial charge in [-0.05, 0) is 6.07 Å². The number of nitrogens with one attached hydrogen (secondary N) is 2. The SMILES string of the molecule is O=C=c1[nH]c2ncc(-n3ncc(C(=O)Nc4cnc(-n5nccn5)c(Cl)c4)c3C(F)(F)F)c3cccc1c23. The molecular formula is C23H11ClF3N9O2. The maximum absolute atomic E-state index is 14.3. The summed E-state index contributed by atoms with van der Waals surface area (Å²) in [6.45, 7) is 0. The lowest BCUT2D eigenvalue weighted by atomic mass is 10.1. The Hall–Kier alpha value is -5.07. The Labute approximate surface area is 213 Å². The predicted octanol–water partition coefficient (Wildman–Crippen LogP) is 3.02. The maximum atomic E-state index is 14.3. The van der Waals surface area contributed by atoms with Crippen LogP contribution in [0, 0.1) is 0 Å². The van der Waals surface area contributed by atoms with Gasteiger partial charge in [0.15, 0.2) is 17.5 Å². The average Bonchev–Trinajstić information content (AvgIpc) is 3.64. The number of benzene rings is 1. The second kappa shape index (κ2) is 8.50. The van der Waals surface area contributed by atoms with Gasteiger partial charge in [-0.1, -0.05) is 29.8 Å². The second-order valence-corrected chi connectivity index (χ2v) is 8.35. The third-order valence-electron chi connectivity index (χ3n) is 5.71. The monoisotopic (exact) mass is 537 g/mol. The fourth-order valence-corrected chi connectivity index (χ4v) is 4.40. The van der Waals surface area contributed by atoms with Crippen LogP contribution in [-0.2, 0) is 11.0 Å². The summed E-state index contributed by atoms with van der Waals surface area (Å²) in [5, 5.41) is 15.5. The van der Waals surface area contributed by atoms with Crippen molar-refractivity contribution in [2.45, 2.75) is 6.18 Å². The summed E-state index contributed by atoms with van der Waals surface area (Å²) in [6.07, 6.45) is 1.05. The van der Waals surface area contributed by atoms with E-state index in [0.29, 0.717) is 26.5 Å².